The van der Waals surface area contributed by atoms with Crippen molar-refractivity contribution in [2.75, 3.05) is 7.11 Å². The molecule has 1 aliphatic rings. The summed E-state index contributed by atoms with van der Waals surface area (Å²) in [6.07, 6.45) is 2.07. The van der Waals surface area contributed by atoms with Gasteiger partial charge in [-0.3, -0.25) is 4.79 Å². The number of halogens is 1. The van der Waals surface area contributed by atoms with E-state index in [9.17, 15) is 9.18 Å². The van der Waals surface area contributed by atoms with Gasteiger partial charge in [-0.15, -0.1) is 0 Å². The SMILES string of the molecule is COC1(c2cc(F)cc(OCc3ccccc3)c2)CCC(=O)CC1. The molecule has 1 saturated carbocycles. The maximum atomic E-state index is 14.1. The van der Waals surface area contributed by atoms with Gasteiger partial charge < -0.3 is 9.47 Å². The van der Waals surface area contributed by atoms with Crippen LogP contribution < -0.4 is 4.74 Å². The Morgan fingerprint density at radius 2 is 1.79 bits per heavy atom. The van der Waals surface area contributed by atoms with Gasteiger partial charge in [0.1, 0.15) is 24.0 Å². The molecule has 0 amide bonds. The summed E-state index contributed by atoms with van der Waals surface area (Å²) < 4.78 is 25.6. The summed E-state index contributed by atoms with van der Waals surface area (Å²) in [5.74, 6) is 0.352. The maximum Gasteiger partial charge on any atom is 0.133 e. The second kappa shape index (κ2) is 7.14. The van der Waals surface area contributed by atoms with Crippen LogP contribution >= 0.6 is 0 Å². The third-order valence-electron chi connectivity index (χ3n) is 4.65. The first-order valence-corrected chi connectivity index (χ1v) is 8.16. The van der Waals surface area contributed by atoms with Crippen molar-refractivity contribution < 1.29 is 18.7 Å². The monoisotopic (exact) mass is 328 g/mol. The van der Waals surface area contributed by atoms with Crippen molar-refractivity contribution in [3.8, 4) is 5.75 Å². The van der Waals surface area contributed by atoms with Crippen LogP contribution in [0.2, 0.25) is 0 Å². The average molecular weight is 328 g/mol. The number of benzene rings is 2. The van der Waals surface area contributed by atoms with Gasteiger partial charge in [0.25, 0.3) is 0 Å². The largest absolute Gasteiger partial charge is 0.489 e. The standard InChI is InChI=1S/C20H21FO3/c1-23-20(9-7-18(22)8-10-20)16-11-17(21)13-19(12-16)24-14-15-5-3-2-4-6-15/h2-6,11-13H,7-10,14H2,1H3. The first-order valence-electron chi connectivity index (χ1n) is 8.16. The molecular formula is C20H21FO3. The molecule has 0 heterocycles. The van der Waals surface area contributed by atoms with Crippen LogP contribution in [0.25, 0.3) is 0 Å². The predicted molar refractivity (Wildman–Crippen MR) is 89.3 cm³/mol. The zero-order chi connectivity index (χ0) is 17.0. The topological polar surface area (TPSA) is 35.5 Å². The van der Waals surface area contributed by atoms with Crippen molar-refractivity contribution in [1.82, 2.24) is 0 Å². The number of carbonyl (C=O) groups excluding carboxylic acids is 1. The fourth-order valence-electron chi connectivity index (χ4n) is 3.19. The lowest BCUT2D eigenvalue weighted by atomic mass is 9.79. The molecular weight excluding hydrogens is 307 g/mol. The fraction of sp³-hybridized carbons (Fsp3) is 0.350. The van der Waals surface area contributed by atoms with Crippen molar-refractivity contribution in [3.05, 3.63) is 65.5 Å². The number of hydrogen-bond acceptors (Lipinski definition) is 3. The van der Waals surface area contributed by atoms with E-state index in [1.807, 2.05) is 36.4 Å². The Bertz CT molecular complexity index is 702. The molecule has 0 radical (unpaired) electrons. The Morgan fingerprint density at radius 1 is 1.08 bits per heavy atom. The van der Waals surface area contributed by atoms with Crippen molar-refractivity contribution in [3.63, 3.8) is 0 Å². The molecule has 0 aliphatic heterocycles. The molecule has 3 nitrogen and oxygen atoms in total. The number of ether oxygens (including phenoxy) is 2. The quantitative estimate of drug-likeness (QED) is 0.816. The van der Waals surface area contributed by atoms with Gasteiger partial charge in [-0.05, 0) is 36.1 Å². The summed E-state index contributed by atoms with van der Waals surface area (Å²) in [6.45, 7) is 0.377. The minimum atomic E-state index is -0.610. The van der Waals surface area contributed by atoms with Crippen LogP contribution in [0.4, 0.5) is 4.39 Å². The molecule has 24 heavy (non-hydrogen) atoms. The molecule has 126 valence electrons. The van der Waals surface area contributed by atoms with E-state index < -0.39 is 5.60 Å². The van der Waals surface area contributed by atoms with Gasteiger partial charge in [-0.1, -0.05) is 30.3 Å². The molecule has 0 saturated heterocycles. The summed E-state index contributed by atoms with van der Waals surface area (Å²) in [5, 5.41) is 0. The zero-order valence-electron chi connectivity index (χ0n) is 13.8. The Labute approximate surface area is 141 Å². The Morgan fingerprint density at radius 3 is 2.46 bits per heavy atom. The van der Waals surface area contributed by atoms with Gasteiger partial charge in [-0.2, -0.15) is 0 Å². The van der Waals surface area contributed by atoms with Crippen molar-refractivity contribution in [2.45, 2.75) is 37.9 Å². The molecule has 0 bridgehead atoms. The molecule has 1 aliphatic carbocycles. The van der Waals surface area contributed by atoms with Crippen LogP contribution in [0.15, 0.2) is 48.5 Å². The second-order valence-electron chi connectivity index (χ2n) is 6.19. The summed E-state index contributed by atoms with van der Waals surface area (Å²) in [7, 11) is 1.62. The highest BCUT2D eigenvalue weighted by Gasteiger charge is 2.37. The van der Waals surface area contributed by atoms with Crippen LogP contribution in [-0.4, -0.2) is 12.9 Å². The van der Waals surface area contributed by atoms with E-state index in [1.54, 1.807) is 7.11 Å². The number of rotatable bonds is 5. The molecule has 0 unspecified atom stereocenters. The number of hydrogen-bond donors (Lipinski definition) is 0. The predicted octanol–water partition coefficient (Wildman–Crippen LogP) is 4.39. The Kier molecular flexibility index (Phi) is 4.95. The second-order valence-corrected chi connectivity index (χ2v) is 6.19. The highest BCUT2D eigenvalue weighted by molar-refractivity contribution is 5.79. The highest BCUT2D eigenvalue weighted by atomic mass is 19.1. The number of ketones is 1. The first kappa shape index (κ1) is 16.7. The normalized spacial score (nSPS) is 16.8. The maximum absolute atomic E-state index is 14.1. The molecule has 4 heteroatoms. The molecule has 2 aromatic carbocycles. The van der Waals surface area contributed by atoms with Gasteiger partial charge in [-0.25, -0.2) is 4.39 Å². The van der Waals surface area contributed by atoms with E-state index in [0.29, 0.717) is 38.0 Å². The van der Waals surface area contributed by atoms with Crippen LogP contribution in [-0.2, 0) is 21.7 Å². The van der Waals surface area contributed by atoms with Gasteiger partial charge in [0.2, 0.25) is 0 Å². The smallest absolute Gasteiger partial charge is 0.133 e. The highest BCUT2D eigenvalue weighted by Crippen LogP contribution is 2.40. The summed E-state index contributed by atoms with van der Waals surface area (Å²) in [4.78, 5) is 11.5. The molecule has 0 aromatic heterocycles. The number of carbonyl (C=O) groups is 1. The average Bonchev–Trinajstić information content (AvgIpc) is 2.61. The van der Waals surface area contributed by atoms with E-state index in [1.165, 1.54) is 12.1 Å². The molecule has 2 aromatic rings. The van der Waals surface area contributed by atoms with E-state index in [4.69, 9.17) is 9.47 Å². The molecule has 1 fully saturated rings. The van der Waals surface area contributed by atoms with Crippen molar-refractivity contribution >= 4 is 5.78 Å². The van der Waals surface area contributed by atoms with Gasteiger partial charge in [0.15, 0.2) is 0 Å². The van der Waals surface area contributed by atoms with Crippen molar-refractivity contribution in [1.29, 1.82) is 0 Å². The van der Waals surface area contributed by atoms with E-state index in [-0.39, 0.29) is 11.6 Å². The third kappa shape index (κ3) is 3.65. The fourth-order valence-corrected chi connectivity index (χ4v) is 3.19. The first-order chi connectivity index (χ1) is 11.6. The summed E-state index contributed by atoms with van der Waals surface area (Å²) in [6, 6.07) is 14.4. The molecule has 0 atom stereocenters. The lowest BCUT2D eigenvalue weighted by Crippen LogP contribution is -2.34. The zero-order valence-corrected chi connectivity index (χ0v) is 13.8. The van der Waals surface area contributed by atoms with Crippen molar-refractivity contribution in [2.24, 2.45) is 0 Å². The lowest BCUT2D eigenvalue weighted by Gasteiger charge is -2.36. The number of methoxy groups -OCH3 is 1. The van der Waals surface area contributed by atoms with Gasteiger partial charge in [0, 0.05) is 26.0 Å². The van der Waals surface area contributed by atoms with Gasteiger partial charge >= 0.3 is 0 Å². The van der Waals surface area contributed by atoms with Crippen LogP contribution in [0.1, 0.15) is 36.8 Å². The van der Waals surface area contributed by atoms with Crippen LogP contribution in [0.5, 0.6) is 5.75 Å². The van der Waals surface area contributed by atoms with E-state index in [2.05, 4.69) is 0 Å². The minimum Gasteiger partial charge on any atom is -0.489 e. The van der Waals surface area contributed by atoms with Crippen LogP contribution in [0, 0.1) is 5.82 Å². The van der Waals surface area contributed by atoms with E-state index in [0.717, 1.165) is 11.1 Å². The van der Waals surface area contributed by atoms with Gasteiger partial charge in [0.05, 0.1) is 5.60 Å². The molecule has 3 rings (SSSR count). The number of Topliss-reactive ketones (excluding diaryl/α,β-unsaturated/α-hetero) is 1. The lowest BCUT2D eigenvalue weighted by molar-refractivity contribution is -0.127. The Hall–Kier alpha value is -2.20. The summed E-state index contributed by atoms with van der Waals surface area (Å²) >= 11 is 0. The molecule has 0 spiro atoms. The summed E-state index contributed by atoms with van der Waals surface area (Å²) in [5.41, 5.74) is 1.15. The molecule has 0 N–H and O–H groups in total. The Balaban J connectivity index is 1.81. The minimum absolute atomic E-state index is 0.236. The van der Waals surface area contributed by atoms with Crippen LogP contribution in [0.3, 0.4) is 0 Å². The third-order valence-corrected chi connectivity index (χ3v) is 4.65. The van der Waals surface area contributed by atoms with E-state index >= 15 is 0 Å².